The maximum absolute atomic E-state index is 11.3. The molecule has 0 unspecified atom stereocenters. The van der Waals surface area contributed by atoms with Crippen LogP contribution in [-0.4, -0.2) is 10.1 Å². The molecule has 2 aromatic rings. The number of benzene rings is 1. The van der Waals surface area contributed by atoms with Crippen molar-refractivity contribution in [3.63, 3.8) is 0 Å². The first-order valence-corrected chi connectivity index (χ1v) is 3.69. The number of fused-ring (bicyclic) bond motifs is 1. The van der Waals surface area contributed by atoms with Gasteiger partial charge in [-0.15, -0.1) is 0 Å². The summed E-state index contributed by atoms with van der Waals surface area (Å²) in [6, 6.07) is 6.97. The molecule has 0 radical (unpaired) electrons. The number of hydrazine groups is 1. The summed E-state index contributed by atoms with van der Waals surface area (Å²) in [5.41, 5.74) is 3.33. The van der Waals surface area contributed by atoms with Crippen LogP contribution in [0.3, 0.4) is 0 Å². The van der Waals surface area contributed by atoms with Crippen LogP contribution in [0.2, 0.25) is 0 Å². The molecule has 6 nitrogen and oxygen atoms in total. The number of hydrogen-bond acceptors (Lipinski definition) is 4. The molecule has 0 amide bonds. The van der Waals surface area contributed by atoms with Crippen LogP contribution in [0.15, 0.2) is 24.3 Å². The number of hydrogen-bond donors (Lipinski definition) is 3. The Kier molecular flexibility index (Phi) is 1.67. The van der Waals surface area contributed by atoms with E-state index in [-0.39, 0.29) is 5.95 Å². The fourth-order valence-electron chi connectivity index (χ4n) is 1.10. The normalized spacial score (nSPS) is 10.2. The van der Waals surface area contributed by atoms with Crippen molar-refractivity contribution in [2.24, 2.45) is 5.84 Å². The summed E-state index contributed by atoms with van der Waals surface area (Å²) in [7, 11) is 0. The first-order valence-electron chi connectivity index (χ1n) is 3.69. The number of nitrogens with zero attached hydrogens (tertiary/aromatic N) is 2. The highest BCUT2D eigenvalue weighted by Crippen LogP contribution is 2.05. The van der Waals surface area contributed by atoms with Crippen molar-refractivity contribution in [3.8, 4) is 0 Å². The van der Waals surface area contributed by atoms with Gasteiger partial charge in [0, 0.05) is 6.07 Å². The zero-order valence-corrected chi connectivity index (χ0v) is 6.69. The molecule has 0 saturated carbocycles. The summed E-state index contributed by atoms with van der Waals surface area (Å²) in [5.74, 6) is 5.34. The molecule has 0 atom stereocenters. The number of rotatable bonds is 1. The van der Waals surface area contributed by atoms with Crippen molar-refractivity contribution in [3.05, 3.63) is 29.2 Å². The number of para-hydroxylation sites is 2. The maximum Gasteiger partial charge on any atom is 0.317 e. The summed E-state index contributed by atoms with van der Waals surface area (Å²) >= 11 is 0. The standard InChI is InChI=1S/C7H8N5O/c8-10-7-9-5-3-1-2-4-6(5)12(13)11-7/h1-4H,8H2,(H2,9,10,11,13)/q+1. The highest BCUT2D eigenvalue weighted by atomic mass is 16.3. The summed E-state index contributed by atoms with van der Waals surface area (Å²) in [4.78, 5) is 15.3. The summed E-state index contributed by atoms with van der Waals surface area (Å²) in [6.45, 7) is 0. The molecule has 2 rings (SSSR count). The van der Waals surface area contributed by atoms with Crippen molar-refractivity contribution in [1.29, 1.82) is 0 Å². The third kappa shape index (κ3) is 1.23. The van der Waals surface area contributed by atoms with Crippen LogP contribution in [0, 0.1) is 4.91 Å². The Balaban J connectivity index is 2.85. The van der Waals surface area contributed by atoms with Crippen LogP contribution in [0.5, 0.6) is 0 Å². The molecule has 0 aliphatic carbocycles. The van der Waals surface area contributed by atoms with Gasteiger partial charge in [-0.05, 0) is 6.07 Å². The van der Waals surface area contributed by atoms with Gasteiger partial charge >= 0.3 is 5.52 Å². The second kappa shape index (κ2) is 2.83. The van der Waals surface area contributed by atoms with Crippen LogP contribution in [0.1, 0.15) is 0 Å². The number of nitrogens with two attached hydrogens (primary N) is 1. The van der Waals surface area contributed by atoms with E-state index in [4.69, 9.17) is 5.84 Å². The van der Waals surface area contributed by atoms with Gasteiger partial charge in [0.05, 0.1) is 4.91 Å². The van der Waals surface area contributed by atoms with E-state index < -0.39 is 0 Å². The summed E-state index contributed by atoms with van der Waals surface area (Å²) < 4.78 is 0.609. The van der Waals surface area contributed by atoms with E-state index in [1.54, 1.807) is 24.3 Å². The second-order valence-corrected chi connectivity index (χ2v) is 2.50. The minimum atomic E-state index is 0.230. The molecule has 1 aromatic heterocycles. The smallest absolute Gasteiger partial charge is 0.290 e. The van der Waals surface area contributed by atoms with E-state index in [9.17, 15) is 4.91 Å². The Morgan fingerprint density at radius 3 is 3.00 bits per heavy atom. The van der Waals surface area contributed by atoms with Crippen molar-refractivity contribution in [2.75, 3.05) is 5.43 Å². The van der Waals surface area contributed by atoms with Crippen LogP contribution >= 0.6 is 0 Å². The number of aromatic nitrogens is 3. The van der Waals surface area contributed by atoms with E-state index in [1.807, 2.05) is 0 Å². The van der Waals surface area contributed by atoms with Gasteiger partial charge in [-0.25, -0.2) is 10.8 Å². The number of aromatic amines is 1. The summed E-state index contributed by atoms with van der Waals surface area (Å²) in [6.07, 6.45) is 0. The first-order chi connectivity index (χ1) is 6.31. The van der Waals surface area contributed by atoms with Crippen molar-refractivity contribution in [1.82, 2.24) is 10.1 Å². The van der Waals surface area contributed by atoms with Crippen molar-refractivity contribution in [2.45, 2.75) is 0 Å². The quantitative estimate of drug-likeness (QED) is 0.319. The zero-order valence-electron chi connectivity index (χ0n) is 6.69. The minimum absolute atomic E-state index is 0.230. The lowest BCUT2D eigenvalue weighted by Gasteiger charge is -1.93. The Bertz CT molecular complexity index is 491. The lowest BCUT2D eigenvalue weighted by molar-refractivity contribution is -0.535. The molecular formula is C7H8N5O+. The van der Waals surface area contributed by atoms with Gasteiger partial charge in [0.15, 0.2) is 4.54 Å². The van der Waals surface area contributed by atoms with Gasteiger partial charge in [0.2, 0.25) is 0 Å². The fraction of sp³-hybridized carbons (Fsp3) is 0. The monoisotopic (exact) mass is 178 g/mol. The molecule has 1 aromatic carbocycles. The Labute approximate surface area is 73.0 Å². The van der Waals surface area contributed by atoms with Crippen LogP contribution in [-0.2, 0) is 0 Å². The summed E-state index contributed by atoms with van der Waals surface area (Å²) in [5, 5.41) is 2.41. The number of nitrogens with one attached hydrogen (secondary N) is 2. The van der Waals surface area contributed by atoms with Crippen molar-refractivity contribution < 1.29 is 4.54 Å². The van der Waals surface area contributed by atoms with Crippen LogP contribution in [0.25, 0.3) is 11.0 Å². The molecule has 13 heavy (non-hydrogen) atoms. The lowest BCUT2D eigenvalue weighted by atomic mass is 10.3. The van der Waals surface area contributed by atoms with Gasteiger partial charge in [0.1, 0.15) is 5.52 Å². The Hall–Kier alpha value is -1.95. The third-order valence-corrected chi connectivity index (χ3v) is 1.68. The lowest BCUT2D eigenvalue weighted by Crippen LogP contribution is -2.25. The second-order valence-electron chi connectivity index (χ2n) is 2.50. The topological polar surface area (TPSA) is 89.7 Å². The molecule has 0 saturated heterocycles. The molecule has 4 N–H and O–H groups in total. The van der Waals surface area contributed by atoms with Crippen LogP contribution in [0.4, 0.5) is 5.95 Å². The predicted molar refractivity (Wildman–Crippen MR) is 47.3 cm³/mol. The largest absolute Gasteiger partial charge is 0.317 e. The molecule has 0 aliphatic rings. The SMILES string of the molecule is NNc1nc2ccccc2[n+](=O)[nH]1. The molecule has 0 fully saturated rings. The highest BCUT2D eigenvalue weighted by Gasteiger charge is 2.08. The van der Waals surface area contributed by atoms with E-state index in [1.165, 1.54) is 0 Å². The number of H-pyrrole nitrogens is 1. The van der Waals surface area contributed by atoms with E-state index in [0.29, 0.717) is 15.6 Å². The molecule has 1 heterocycles. The van der Waals surface area contributed by atoms with Gasteiger partial charge in [-0.1, -0.05) is 17.2 Å². The van der Waals surface area contributed by atoms with E-state index >= 15 is 0 Å². The zero-order chi connectivity index (χ0) is 9.26. The van der Waals surface area contributed by atoms with E-state index in [0.717, 1.165) is 0 Å². The molecule has 0 spiro atoms. The van der Waals surface area contributed by atoms with Crippen LogP contribution < -0.4 is 15.8 Å². The van der Waals surface area contributed by atoms with Gasteiger partial charge in [0.25, 0.3) is 5.95 Å². The average Bonchev–Trinajstić information content (AvgIpc) is 2.18. The van der Waals surface area contributed by atoms with Crippen molar-refractivity contribution >= 4 is 17.0 Å². The molecule has 6 heteroatoms. The molecule has 66 valence electrons. The number of nitrogen functional groups attached to an aromatic ring is 1. The molecule has 0 bridgehead atoms. The maximum atomic E-state index is 11.3. The fourth-order valence-corrected chi connectivity index (χ4v) is 1.10. The Morgan fingerprint density at radius 1 is 1.46 bits per heavy atom. The Morgan fingerprint density at radius 2 is 2.23 bits per heavy atom. The van der Waals surface area contributed by atoms with Gasteiger partial charge in [-0.2, -0.15) is 0 Å². The molecule has 0 aliphatic heterocycles. The minimum Gasteiger partial charge on any atom is -0.290 e. The third-order valence-electron chi connectivity index (χ3n) is 1.68. The highest BCUT2D eigenvalue weighted by molar-refractivity contribution is 5.70. The number of anilines is 1. The first kappa shape index (κ1) is 7.69. The van der Waals surface area contributed by atoms with Gasteiger partial charge in [-0.3, -0.25) is 5.43 Å². The van der Waals surface area contributed by atoms with Gasteiger partial charge < -0.3 is 0 Å². The molecular weight excluding hydrogens is 170 g/mol. The predicted octanol–water partition coefficient (Wildman–Crippen LogP) is -0.237. The average molecular weight is 178 g/mol. The van der Waals surface area contributed by atoms with E-state index in [2.05, 4.69) is 15.5 Å².